The molecular formula is C13H14ClNO5S. The molecule has 8 heteroatoms. The highest BCUT2D eigenvalue weighted by atomic mass is 35.5. The van der Waals surface area contributed by atoms with Crippen molar-refractivity contribution >= 4 is 21.6 Å². The van der Waals surface area contributed by atoms with Crippen molar-refractivity contribution in [3.8, 4) is 5.75 Å². The van der Waals surface area contributed by atoms with Gasteiger partial charge in [0.2, 0.25) is 5.09 Å². The van der Waals surface area contributed by atoms with Crippen molar-refractivity contribution in [3.63, 3.8) is 0 Å². The van der Waals surface area contributed by atoms with Gasteiger partial charge < -0.3 is 14.3 Å². The summed E-state index contributed by atoms with van der Waals surface area (Å²) in [6.45, 7) is -0.409. The van der Waals surface area contributed by atoms with Crippen LogP contribution in [0.25, 0.3) is 0 Å². The van der Waals surface area contributed by atoms with E-state index in [2.05, 4.69) is 4.72 Å². The molecule has 0 unspecified atom stereocenters. The van der Waals surface area contributed by atoms with E-state index < -0.39 is 10.0 Å². The number of methoxy groups -OCH3 is 1. The summed E-state index contributed by atoms with van der Waals surface area (Å²) in [6, 6.07) is 7.71. The summed E-state index contributed by atoms with van der Waals surface area (Å²) in [5.41, 5.74) is 0.527. The van der Waals surface area contributed by atoms with Gasteiger partial charge in [0, 0.05) is 17.1 Å². The summed E-state index contributed by atoms with van der Waals surface area (Å²) in [4.78, 5) is 0. The Morgan fingerprint density at radius 1 is 1.33 bits per heavy atom. The van der Waals surface area contributed by atoms with E-state index in [0.717, 1.165) is 0 Å². The average Bonchev–Trinajstić information content (AvgIpc) is 2.95. The van der Waals surface area contributed by atoms with Gasteiger partial charge >= 0.3 is 0 Å². The number of benzene rings is 1. The van der Waals surface area contributed by atoms with Gasteiger partial charge in [0.15, 0.2) is 0 Å². The number of hydrogen-bond acceptors (Lipinski definition) is 5. The zero-order valence-electron chi connectivity index (χ0n) is 11.2. The van der Waals surface area contributed by atoms with Gasteiger partial charge in [-0.3, -0.25) is 0 Å². The van der Waals surface area contributed by atoms with Crippen LogP contribution in [0.1, 0.15) is 11.3 Å². The minimum atomic E-state index is -3.83. The average molecular weight is 332 g/mol. The van der Waals surface area contributed by atoms with Crippen molar-refractivity contribution in [3.05, 3.63) is 46.7 Å². The number of aliphatic hydroxyl groups is 1. The molecule has 0 saturated carbocycles. The molecule has 0 aliphatic heterocycles. The highest BCUT2D eigenvalue weighted by Crippen LogP contribution is 2.26. The van der Waals surface area contributed by atoms with E-state index in [1.165, 1.54) is 19.2 Å². The first-order valence-corrected chi connectivity index (χ1v) is 7.84. The van der Waals surface area contributed by atoms with Crippen LogP contribution in [0.5, 0.6) is 5.75 Å². The maximum absolute atomic E-state index is 12.1. The Morgan fingerprint density at radius 3 is 2.71 bits per heavy atom. The topological polar surface area (TPSA) is 88.8 Å². The van der Waals surface area contributed by atoms with Gasteiger partial charge in [0.25, 0.3) is 10.0 Å². The Bertz CT molecular complexity index is 726. The van der Waals surface area contributed by atoms with Crippen LogP contribution >= 0.6 is 11.6 Å². The third-order valence-electron chi connectivity index (χ3n) is 2.79. The maximum Gasteiger partial charge on any atom is 0.274 e. The summed E-state index contributed by atoms with van der Waals surface area (Å²) < 4.78 is 36.7. The normalized spacial score (nSPS) is 11.6. The quantitative estimate of drug-likeness (QED) is 0.844. The molecule has 21 heavy (non-hydrogen) atoms. The van der Waals surface area contributed by atoms with Crippen molar-refractivity contribution in [2.75, 3.05) is 7.11 Å². The number of sulfonamides is 1. The molecule has 0 aliphatic carbocycles. The fourth-order valence-corrected chi connectivity index (χ4v) is 2.90. The lowest BCUT2D eigenvalue weighted by Crippen LogP contribution is -2.23. The van der Waals surface area contributed by atoms with Crippen molar-refractivity contribution in [2.45, 2.75) is 18.2 Å². The monoisotopic (exact) mass is 331 g/mol. The largest absolute Gasteiger partial charge is 0.496 e. The molecule has 0 bridgehead atoms. The van der Waals surface area contributed by atoms with Gasteiger partial charge in [-0.25, -0.2) is 13.1 Å². The maximum atomic E-state index is 12.1. The first-order valence-electron chi connectivity index (χ1n) is 5.98. The fraction of sp³-hybridized carbons (Fsp3) is 0.231. The molecule has 0 aliphatic rings. The Morgan fingerprint density at radius 2 is 2.10 bits per heavy atom. The summed E-state index contributed by atoms with van der Waals surface area (Å²) in [5, 5.41) is 9.02. The van der Waals surface area contributed by atoms with E-state index in [0.29, 0.717) is 16.3 Å². The molecule has 0 fully saturated rings. The lowest BCUT2D eigenvalue weighted by molar-refractivity contribution is 0.236. The van der Waals surface area contributed by atoms with Crippen LogP contribution in [0.2, 0.25) is 5.02 Å². The minimum absolute atomic E-state index is 0.0413. The zero-order valence-corrected chi connectivity index (χ0v) is 12.7. The van der Waals surface area contributed by atoms with Crippen molar-refractivity contribution in [2.24, 2.45) is 0 Å². The molecule has 2 rings (SSSR count). The molecule has 2 aromatic rings. The predicted octanol–water partition coefficient (Wildman–Crippen LogP) is 1.91. The van der Waals surface area contributed by atoms with Crippen LogP contribution < -0.4 is 9.46 Å². The van der Waals surface area contributed by atoms with Crippen LogP contribution in [-0.2, 0) is 23.2 Å². The van der Waals surface area contributed by atoms with Crippen LogP contribution in [0.3, 0.4) is 0 Å². The van der Waals surface area contributed by atoms with Crippen LogP contribution in [0.4, 0.5) is 0 Å². The highest BCUT2D eigenvalue weighted by Gasteiger charge is 2.20. The van der Waals surface area contributed by atoms with E-state index in [1.54, 1.807) is 18.2 Å². The molecule has 0 spiro atoms. The molecule has 0 saturated heterocycles. The number of ether oxygens (including phenoxy) is 1. The predicted molar refractivity (Wildman–Crippen MR) is 76.7 cm³/mol. The van der Waals surface area contributed by atoms with Crippen LogP contribution in [0, 0.1) is 0 Å². The second-order valence-electron chi connectivity index (χ2n) is 4.12. The smallest absolute Gasteiger partial charge is 0.274 e. The van der Waals surface area contributed by atoms with E-state index in [9.17, 15) is 8.42 Å². The summed E-state index contributed by atoms with van der Waals surface area (Å²) in [5.74, 6) is 0.659. The van der Waals surface area contributed by atoms with Gasteiger partial charge in [-0.05, 0) is 24.3 Å². The molecule has 1 heterocycles. The Labute approximate surface area is 127 Å². The first kappa shape index (κ1) is 15.8. The molecule has 114 valence electrons. The number of hydrogen-bond donors (Lipinski definition) is 2. The van der Waals surface area contributed by atoms with E-state index in [1.807, 2.05) is 0 Å². The fourth-order valence-electron chi connectivity index (χ4n) is 1.73. The molecule has 0 amide bonds. The number of halogens is 1. The van der Waals surface area contributed by atoms with E-state index in [-0.39, 0.29) is 24.0 Å². The Balaban J connectivity index is 2.19. The summed E-state index contributed by atoms with van der Waals surface area (Å²) in [7, 11) is -2.36. The third kappa shape index (κ3) is 3.56. The number of aliphatic hydroxyl groups excluding tert-OH is 1. The lowest BCUT2D eigenvalue weighted by atomic mass is 10.2. The van der Waals surface area contributed by atoms with Gasteiger partial charge in [-0.1, -0.05) is 17.7 Å². The molecular weight excluding hydrogens is 318 g/mol. The molecule has 0 atom stereocenters. The SMILES string of the molecule is COc1cccc(Cl)c1CNS(=O)(=O)c1ccc(CO)o1. The number of furan rings is 1. The van der Waals surface area contributed by atoms with Gasteiger partial charge in [-0.15, -0.1) is 0 Å². The van der Waals surface area contributed by atoms with Gasteiger partial charge in [0.05, 0.1) is 7.11 Å². The van der Waals surface area contributed by atoms with Gasteiger partial charge in [0.1, 0.15) is 18.1 Å². The second kappa shape index (κ2) is 6.48. The van der Waals surface area contributed by atoms with Crippen LogP contribution in [0.15, 0.2) is 39.8 Å². The van der Waals surface area contributed by atoms with E-state index >= 15 is 0 Å². The number of nitrogens with one attached hydrogen (secondary N) is 1. The highest BCUT2D eigenvalue weighted by molar-refractivity contribution is 7.89. The Kier molecular flexibility index (Phi) is 4.89. The first-order chi connectivity index (χ1) is 9.97. The standard InChI is InChI=1S/C13H14ClNO5S/c1-19-12-4-2-3-11(14)10(12)7-15-21(17,18)13-6-5-9(8-16)20-13/h2-6,15-16H,7-8H2,1H3. The van der Waals surface area contributed by atoms with E-state index in [4.69, 9.17) is 25.9 Å². The molecule has 1 aromatic heterocycles. The number of rotatable bonds is 6. The Hall–Kier alpha value is -1.54. The summed E-state index contributed by atoms with van der Waals surface area (Å²) >= 11 is 6.04. The van der Waals surface area contributed by atoms with Crippen molar-refractivity contribution in [1.29, 1.82) is 0 Å². The lowest BCUT2D eigenvalue weighted by Gasteiger charge is -2.10. The van der Waals surface area contributed by atoms with Crippen molar-refractivity contribution < 1.29 is 22.7 Å². The third-order valence-corrected chi connectivity index (χ3v) is 4.42. The second-order valence-corrected chi connectivity index (χ2v) is 6.23. The minimum Gasteiger partial charge on any atom is -0.496 e. The van der Waals surface area contributed by atoms with Gasteiger partial charge in [-0.2, -0.15) is 0 Å². The zero-order chi connectivity index (χ0) is 15.5. The van der Waals surface area contributed by atoms with Crippen molar-refractivity contribution in [1.82, 2.24) is 4.72 Å². The molecule has 2 N–H and O–H groups in total. The van der Waals surface area contributed by atoms with Crippen LogP contribution in [-0.4, -0.2) is 20.6 Å². The summed E-state index contributed by atoms with van der Waals surface area (Å²) in [6.07, 6.45) is 0. The molecule has 6 nitrogen and oxygen atoms in total. The molecule has 0 radical (unpaired) electrons. The molecule has 1 aromatic carbocycles.